The van der Waals surface area contributed by atoms with E-state index in [1.54, 1.807) is 0 Å². The van der Waals surface area contributed by atoms with Crippen LogP contribution in [0.25, 0.3) is 0 Å². The summed E-state index contributed by atoms with van der Waals surface area (Å²) < 4.78 is 4.67. The van der Waals surface area contributed by atoms with Gasteiger partial charge in [-0.1, -0.05) is 6.07 Å². The summed E-state index contributed by atoms with van der Waals surface area (Å²) in [6, 6.07) is 5.60. The fourth-order valence-electron chi connectivity index (χ4n) is 2.80. The smallest absolute Gasteiger partial charge is 0.303 e. The highest BCUT2D eigenvalue weighted by Crippen LogP contribution is 2.36. The fraction of sp³-hybridized carbons (Fsp3) is 0.471. The van der Waals surface area contributed by atoms with Crippen molar-refractivity contribution < 1.29 is 19.1 Å². The zero-order valence-electron chi connectivity index (χ0n) is 13.1. The Hall–Kier alpha value is -2.37. The third kappa shape index (κ3) is 3.70. The number of rotatable bonds is 4. The largest absolute Gasteiger partial charge is 0.456 e. The van der Waals surface area contributed by atoms with Crippen molar-refractivity contribution in [1.29, 1.82) is 0 Å². The molecule has 0 saturated heterocycles. The number of fused-ring (bicyclic) bond motifs is 1. The van der Waals surface area contributed by atoms with Crippen molar-refractivity contribution in [1.82, 2.24) is 0 Å². The lowest BCUT2D eigenvalue weighted by Crippen LogP contribution is -2.36. The summed E-state index contributed by atoms with van der Waals surface area (Å²) in [6.45, 7) is 1.68. The minimum atomic E-state index is -0.494. The van der Waals surface area contributed by atoms with Gasteiger partial charge in [-0.25, -0.2) is 0 Å². The maximum absolute atomic E-state index is 12.4. The van der Waals surface area contributed by atoms with E-state index < -0.39 is 11.9 Å². The van der Waals surface area contributed by atoms with Crippen molar-refractivity contribution in [3.63, 3.8) is 0 Å². The Bertz CT molecular complexity index is 652. The first-order valence-electron chi connectivity index (χ1n) is 7.92. The van der Waals surface area contributed by atoms with E-state index in [2.05, 4.69) is 10.1 Å². The highest BCUT2D eigenvalue weighted by Gasteiger charge is 2.35. The number of nitrogens with one attached hydrogen (secondary N) is 1. The normalized spacial score (nSPS) is 16.5. The molecule has 0 atom stereocenters. The van der Waals surface area contributed by atoms with Gasteiger partial charge in [0.1, 0.15) is 0 Å². The molecule has 1 aromatic carbocycles. The van der Waals surface area contributed by atoms with E-state index in [0.29, 0.717) is 5.69 Å². The molecule has 1 heterocycles. The van der Waals surface area contributed by atoms with Crippen LogP contribution in [0.5, 0.6) is 0 Å². The molecule has 1 saturated carbocycles. The van der Waals surface area contributed by atoms with Gasteiger partial charge in [0.25, 0.3) is 5.91 Å². The average Bonchev–Trinajstić information content (AvgIpc) is 3.36. The first-order valence-corrected chi connectivity index (χ1v) is 7.92. The number of benzene rings is 1. The maximum atomic E-state index is 12.4. The first-order chi connectivity index (χ1) is 11.0. The molecule has 1 aliphatic heterocycles. The summed E-state index contributed by atoms with van der Waals surface area (Å²) >= 11 is 0. The van der Waals surface area contributed by atoms with Crippen LogP contribution >= 0.6 is 0 Å². The van der Waals surface area contributed by atoms with Crippen molar-refractivity contribution in [2.45, 2.75) is 32.6 Å². The van der Waals surface area contributed by atoms with Gasteiger partial charge in [-0.3, -0.25) is 14.4 Å². The van der Waals surface area contributed by atoms with Gasteiger partial charge in [0.05, 0.1) is 0 Å². The van der Waals surface area contributed by atoms with Gasteiger partial charge in [-0.05, 0) is 43.4 Å². The number of esters is 1. The number of anilines is 2. The van der Waals surface area contributed by atoms with Crippen LogP contribution in [0, 0.1) is 5.92 Å². The molecule has 0 aromatic heterocycles. The molecule has 0 bridgehead atoms. The topological polar surface area (TPSA) is 75.7 Å². The molecule has 23 heavy (non-hydrogen) atoms. The van der Waals surface area contributed by atoms with Gasteiger partial charge in [-0.15, -0.1) is 0 Å². The summed E-state index contributed by atoms with van der Waals surface area (Å²) in [5, 5.41) is 2.70. The standard InChI is InChI=1S/C17H20N2O4/c1-11(20)23-10-16(21)18-14-7-6-12-3-2-8-19(15(12)9-14)17(22)13-4-5-13/h6-7,9,13H,2-5,8,10H2,1H3,(H,18,21). The van der Waals surface area contributed by atoms with Crippen LogP contribution < -0.4 is 10.2 Å². The number of hydrogen-bond acceptors (Lipinski definition) is 4. The molecular formula is C17H20N2O4. The summed E-state index contributed by atoms with van der Waals surface area (Å²) in [4.78, 5) is 36.7. The predicted octanol–water partition coefficient (Wildman–Crippen LogP) is 1.88. The summed E-state index contributed by atoms with van der Waals surface area (Å²) in [7, 11) is 0. The second-order valence-corrected chi connectivity index (χ2v) is 6.04. The molecule has 122 valence electrons. The molecule has 0 spiro atoms. The minimum Gasteiger partial charge on any atom is -0.456 e. The summed E-state index contributed by atoms with van der Waals surface area (Å²) in [6.07, 6.45) is 3.85. The Morgan fingerprint density at radius 2 is 2.09 bits per heavy atom. The van der Waals surface area contributed by atoms with Gasteiger partial charge < -0.3 is 15.0 Å². The monoisotopic (exact) mass is 316 g/mol. The van der Waals surface area contributed by atoms with E-state index >= 15 is 0 Å². The van der Waals surface area contributed by atoms with E-state index in [4.69, 9.17) is 0 Å². The molecule has 2 amide bonds. The molecule has 3 rings (SSSR count). The Labute approximate surface area is 134 Å². The Kier molecular flexibility index (Phi) is 4.32. The Morgan fingerprint density at radius 1 is 1.30 bits per heavy atom. The Balaban J connectivity index is 1.74. The third-order valence-electron chi connectivity index (χ3n) is 4.09. The number of aryl methyl sites for hydroxylation is 1. The SMILES string of the molecule is CC(=O)OCC(=O)Nc1ccc2c(c1)N(C(=O)C1CC1)CCC2. The van der Waals surface area contributed by atoms with Crippen LogP contribution in [-0.2, 0) is 25.5 Å². The number of hydrogen-bond donors (Lipinski definition) is 1. The Morgan fingerprint density at radius 3 is 2.78 bits per heavy atom. The summed E-state index contributed by atoms with van der Waals surface area (Å²) in [5.41, 5.74) is 2.62. The lowest BCUT2D eigenvalue weighted by Gasteiger charge is -2.30. The van der Waals surface area contributed by atoms with Crippen LogP contribution in [0.3, 0.4) is 0 Å². The number of nitrogens with zero attached hydrogens (tertiary/aromatic N) is 1. The molecule has 1 fully saturated rings. The van der Waals surface area contributed by atoms with Crippen LogP contribution in [0.4, 0.5) is 11.4 Å². The quantitative estimate of drug-likeness (QED) is 0.861. The zero-order chi connectivity index (χ0) is 16.4. The van der Waals surface area contributed by atoms with Gasteiger partial charge in [-0.2, -0.15) is 0 Å². The van der Waals surface area contributed by atoms with E-state index in [1.807, 2.05) is 23.1 Å². The molecule has 1 aliphatic carbocycles. The van der Waals surface area contributed by atoms with Gasteiger partial charge >= 0.3 is 5.97 Å². The van der Waals surface area contributed by atoms with Crippen molar-refractivity contribution in [3.8, 4) is 0 Å². The van der Waals surface area contributed by atoms with Crippen LogP contribution in [0.1, 0.15) is 31.7 Å². The van der Waals surface area contributed by atoms with Crippen molar-refractivity contribution in [2.24, 2.45) is 5.92 Å². The van der Waals surface area contributed by atoms with E-state index in [0.717, 1.165) is 43.5 Å². The molecule has 0 unspecified atom stereocenters. The highest BCUT2D eigenvalue weighted by atomic mass is 16.5. The molecule has 6 nitrogen and oxygen atoms in total. The predicted molar refractivity (Wildman–Crippen MR) is 85.1 cm³/mol. The lowest BCUT2D eigenvalue weighted by atomic mass is 10.0. The van der Waals surface area contributed by atoms with Crippen molar-refractivity contribution in [2.75, 3.05) is 23.4 Å². The van der Waals surface area contributed by atoms with Crippen LogP contribution in [0.2, 0.25) is 0 Å². The summed E-state index contributed by atoms with van der Waals surface area (Å²) in [5.74, 6) is -0.527. The van der Waals surface area contributed by atoms with Gasteiger partial charge in [0.2, 0.25) is 5.91 Å². The van der Waals surface area contributed by atoms with Crippen molar-refractivity contribution >= 4 is 29.2 Å². The lowest BCUT2D eigenvalue weighted by molar-refractivity contribution is -0.144. The number of amides is 2. The van der Waals surface area contributed by atoms with E-state index in [-0.39, 0.29) is 18.4 Å². The second-order valence-electron chi connectivity index (χ2n) is 6.04. The van der Waals surface area contributed by atoms with Gasteiger partial charge in [0, 0.05) is 30.8 Å². The number of carbonyl (C=O) groups is 3. The van der Waals surface area contributed by atoms with Crippen molar-refractivity contribution in [3.05, 3.63) is 23.8 Å². The molecule has 2 aliphatic rings. The third-order valence-corrected chi connectivity index (χ3v) is 4.09. The number of carbonyl (C=O) groups excluding carboxylic acids is 3. The van der Waals surface area contributed by atoms with Crippen LogP contribution in [0.15, 0.2) is 18.2 Å². The van der Waals surface area contributed by atoms with Gasteiger partial charge in [0.15, 0.2) is 6.61 Å². The van der Waals surface area contributed by atoms with E-state index in [1.165, 1.54) is 6.92 Å². The fourth-order valence-corrected chi connectivity index (χ4v) is 2.80. The molecule has 6 heteroatoms. The highest BCUT2D eigenvalue weighted by molar-refractivity contribution is 5.99. The zero-order valence-corrected chi connectivity index (χ0v) is 13.1. The van der Waals surface area contributed by atoms with E-state index in [9.17, 15) is 14.4 Å². The van der Waals surface area contributed by atoms with Crippen LogP contribution in [-0.4, -0.2) is 30.9 Å². The molecule has 1 aromatic rings. The minimum absolute atomic E-state index is 0.170. The first kappa shape index (κ1) is 15.5. The average molecular weight is 316 g/mol. The second kappa shape index (κ2) is 6.40. The maximum Gasteiger partial charge on any atom is 0.303 e. The molecular weight excluding hydrogens is 296 g/mol. The molecule has 0 radical (unpaired) electrons. The number of ether oxygens (including phenoxy) is 1. The molecule has 1 N–H and O–H groups in total.